The van der Waals surface area contributed by atoms with Gasteiger partial charge in [-0.3, -0.25) is 0 Å². The van der Waals surface area contributed by atoms with Gasteiger partial charge >= 0.3 is 0 Å². The van der Waals surface area contributed by atoms with Gasteiger partial charge in [-0.05, 0) is 61.1 Å². The molecule has 21 heavy (non-hydrogen) atoms. The molecule has 0 aliphatic heterocycles. The number of aryl methyl sites for hydroxylation is 3. The molecule has 2 aromatic carbocycles. The monoisotopic (exact) mass is 281 g/mol. The van der Waals surface area contributed by atoms with Gasteiger partial charge in [-0.25, -0.2) is 0 Å². The fraction of sp³-hybridized carbons (Fsp3) is 0.400. The molecule has 0 radical (unpaired) electrons. The topological polar surface area (TPSA) is 12.0 Å². The highest BCUT2D eigenvalue weighted by atomic mass is 14.9. The molecule has 1 heteroatoms. The maximum Gasteiger partial charge on any atom is 0.0363 e. The average molecular weight is 281 g/mol. The molecule has 1 atom stereocenters. The molecule has 0 fully saturated rings. The summed E-state index contributed by atoms with van der Waals surface area (Å²) in [4.78, 5) is 0. The number of hydrogen-bond donors (Lipinski definition) is 1. The second kappa shape index (κ2) is 7.42. The van der Waals surface area contributed by atoms with E-state index < -0.39 is 0 Å². The number of benzene rings is 2. The molecule has 0 aromatic heterocycles. The minimum absolute atomic E-state index is 0.394. The van der Waals surface area contributed by atoms with Gasteiger partial charge in [-0.1, -0.05) is 56.3 Å². The van der Waals surface area contributed by atoms with Crippen molar-refractivity contribution >= 4 is 0 Å². The van der Waals surface area contributed by atoms with Gasteiger partial charge in [0.05, 0.1) is 0 Å². The van der Waals surface area contributed by atoms with E-state index in [-0.39, 0.29) is 0 Å². The molecule has 1 N–H and O–H groups in total. The van der Waals surface area contributed by atoms with Crippen LogP contribution in [-0.4, -0.2) is 6.54 Å². The van der Waals surface area contributed by atoms with Crippen LogP contribution in [0.4, 0.5) is 0 Å². The van der Waals surface area contributed by atoms with E-state index in [2.05, 4.69) is 75.5 Å². The summed E-state index contributed by atoms with van der Waals surface area (Å²) >= 11 is 0. The predicted octanol–water partition coefficient (Wildman–Crippen LogP) is 4.76. The molecular weight excluding hydrogens is 254 g/mol. The fourth-order valence-electron chi connectivity index (χ4n) is 3.11. The van der Waals surface area contributed by atoms with Gasteiger partial charge in [-0.15, -0.1) is 0 Å². The van der Waals surface area contributed by atoms with Crippen LogP contribution in [0.25, 0.3) is 0 Å². The molecule has 0 aliphatic carbocycles. The van der Waals surface area contributed by atoms with Crippen LogP contribution >= 0.6 is 0 Å². The van der Waals surface area contributed by atoms with Crippen molar-refractivity contribution < 1.29 is 0 Å². The highest BCUT2D eigenvalue weighted by Crippen LogP contribution is 2.25. The first-order valence-electron chi connectivity index (χ1n) is 8.03. The second-order valence-electron chi connectivity index (χ2n) is 5.74. The number of likely N-dealkylation sites (N-methyl/N-ethyl adjacent to an activating group) is 1. The Hall–Kier alpha value is -1.60. The lowest BCUT2D eigenvalue weighted by atomic mass is 9.90. The molecule has 0 saturated heterocycles. The maximum atomic E-state index is 3.68. The Morgan fingerprint density at radius 3 is 2.19 bits per heavy atom. The molecule has 2 aromatic rings. The van der Waals surface area contributed by atoms with E-state index in [1.165, 1.54) is 27.8 Å². The van der Waals surface area contributed by atoms with E-state index in [4.69, 9.17) is 0 Å². The number of hydrogen-bond acceptors (Lipinski definition) is 1. The minimum Gasteiger partial charge on any atom is -0.310 e. The molecule has 0 saturated carbocycles. The summed E-state index contributed by atoms with van der Waals surface area (Å²) < 4.78 is 0. The van der Waals surface area contributed by atoms with Gasteiger partial charge in [0.2, 0.25) is 0 Å². The van der Waals surface area contributed by atoms with Crippen molar-refractivity contribution in [2.24, 2.45) is 0 Å². The van der Waals surface area contributed by atoms with Crippen molar-refractivity contribution in [2.45, 2.75) is 46.6 Å². The fourth-order valence-corrected chi connectivity index (χ4v) is 3.11. The molecule has 112 valence electrons. The van der Waals surface area contributed by atoms with Gasteiger partial charge in [0, 0.05) is 6.04 Å². The zero-order valence-corrected chi connectivity index (χ0v) is 13.7. The summed E-state index contributed by atoms with van der Waals surface area (Å²) in [6.07, 6.45) is 2.15. The van der Waals surface area contributed by atoms with Crippen molar-refractivity contribution in [3.8, 4) is 0 Å². The summed E-state index contributed by atoms with van der Waals surface area (Å²) in [5.41, 5.74) is 7.17. The highest BCUT2D eigenvalue weighted by Gasteiger charge is 2.16. The lowest BCUT2D eigenvalue weighted by Crippen LogP contribution is -2.24. The summed E-state index contributed by atoms with van der Waals surface area (Å²) in [5, 5.41) is 3.68. The Labute approximate surface area is 129 Å². The van der Waals surface area contributed by atoms with Crippen LogP contribution in [0, 0.1) is 13.8 Å². The van der Waals surface area contributed by atoms with Crippen LogP contribution in [0.1, 0.15) is 47.7 Å². The molecule has 0 aliphatic rings. The Kier molecular flexibility index (Phi) is 5.58. The van der Waals surface area contributed by atoms with Crippen molar-refractivity contribution in [1.82, 2.24) is 5.32 Å². The van der Waals surface area contributed by atoms with Crippen LogP contribution in [0.15, 0.2) is 42.5 Å². The lowest BCUT2D eigenvalue weighted by Gasteiger charge is -2.23. The Balaban J connectivity index is 2.35. The summed E-state index contributed by atoms with van der Waals surface area (Å²) in [6.45, 7) is 9.86. The van der Waals surface area contributed by atoms with E-state index in [0.717, 1.165) is 19.4 Å². The van der Waals surface area contributed by atoms with Gasteiger partial charge in [0.1, 0.15) is 0 Å². The van der Waals surface area contributed by atoms with Crippen LogP contribution in [-0.2, 0) is 12.8 Å². The van der Waals surface area contributed by atoms with Crippen molar-refractivity contribution in [3.05, 3.63) is 70.3 Å². The smallest absolute Gasteiger partial charge is 0.0363 e. The van der Waals surface area contributed by atoms with E-state index >= 15 is 0 Å². The minimum atomic E-state index is 0.394. The lowest BCUT2D eigenvalue weighted by molar-refractivity contribution is 0.543. The molecule has 0 bridgehead atoms. The van der Waals surface area contributed by atoms with Crippen molar-refractivity contribution in [1.29, 1.82) is 0 Å². The first-order chi connectivity index (χ1) is 10.2. The molecule has 2 rings (SSSR count). The Morgan fingerprint density at radius 1 is 0.905 bits per heavy atom. The van der Waals surface area contributed by atoms with E-state index in [1.54, 1.807) is 0 Å². The zero-order chi connectivity index (χ0) is 15.2. The van der Waals surface area contributed by atoms with Crippen molar-refractivity contribution in [3.63, 3.8) is 0 Å². The molecule has 0 spiro atoms. The normalized spacial score (nSPS) is 12.4. The molecular formula is C20H27N. The first kappa shape index (κ1) is 15.8. The van der Waals surface area contributed by atoms with Gasteiger partial charge in [-0.2, -0.15) is 0 Å². The average Bonchev–Trinajstić information content (AvgIpc) is 2.50. The molecule has 0 amide bonds. The third-order valence-corrected chi connectivity index (χ3v) is 4.31. The zero-order valence-electron chi connectivity index (χ0n) is 13.7. The van der Waals surface area contributed by atoms with E-state index in [9.17, 15) is 0 Å². The van der Waals surface area contributed by atoms with Crippen LogP contribution in [0.5, 0.6) is 0 Å². The first-order valence-corrected chi connectivity index (χ1v) is 8.03. The molecule has 1 unspecified atom stereocenters. The third kappa shape index (κ3) is 3.74. The standard InChI is InChI=1S/C20H27N/c1-5-17-12-7-8-13-18(17)20(21-6-2)14-19-15(3)10-9-11-16(19)4/h7-13,20-21H,5-6,14H2,1-4H3. The third-order valence-electron chi connectivity index (χ3n) is 4.31. The van der Waals surface area contributed by atoms with Crippen molar-refractivity contribution in [2.75, 3.05) is 6.54 Å². The number of nitrogens with one attached hydrogen (secondary N) is 1. The van der Waals surface area contributed by atoms with Crippen LogP contribution in [0.3, 0.4) is 0 Å². The molecule has 1 nitrogen and oxygen atoms in total. The van der Waals surface area contributed by atoms with E-state index in [0.29, 0.717) is 6.04 Å². The quantitative estimate of drug-likeness (QED) is 0.805. The van der Waals surface area contributed by atoms with Gasteiger partial charge in [0.25, 0.3) is 0 Å². The van der Waals surface area contributed by atoms with Crippen LogP contribution < -0.4 is 5.32 Å². The predicted molar refractivity (Wildman–Crippen MR) is 91.9 cm³/mol. The Bertz CT molecular complexity index is 566. The summed E-state index contributed by atoms with van der Waals surface area (Å²) in [5.74, 6) is 0. The van der Waals surface area contributed by atoms with Crippen LogP contribution in [0.2, 0.25) is 0 Å². The van der Waals surface area contributed by atoms with E-state index in [1.807, 2.05) is 0 Å². The summed E-state index contributed by atoms with van der Waals surface area (Å²) in [7, 11) is 0. The number of rotatable bonds is 6. The highest BCUT2D eigenvalue weighted by molar-refractivity contribution is 5.37. The summed E-state index contributed by atoms with van der Waals surface area (Å²) in [6, 6.07) is 15.8. The Morgan fingerprint density at radius 2 is 1.57 bits per heavy atom. The SMILES string of the molecule is CCNC(Cc1c(C)cccc1C)c1ccccc1CC. The second-order valence-corrected chi connectivity index (χ2v) is 5.74. The van der Waals surface area contributed by atoms with Gasteiger partial charge < -0.3 is 5.32 Å². The van der Waals surface area contributed by atoms with Gasteiger partial charge in [0.15, 0.2) is 0 Å². The largest absolute Gasteiger partial charge is 0.310 e. The molecule has 0 heterocycles. The maximum absolute atomic E-state index is 3.68.